The lowest BCUT2D eigenvalue weighted by Crippen LogP contribution is -2.35. The summed E-state index contributed by atoms with van der Waals surface area (Å²) in [6.45, 7) is 8.23. The second kappa shape index (κ2) is 14.6. The van der Waals surface area contributed by atoms with Gasteiger partial charge in [-0.2, -0.15) is 5.09 Å². The summed E-state index contributed by atoms with van der Waals surface area (Å²) in [6.07, 6.45) is 2.50. The van der Waals surface area contributed by atoms with Crippen LogP contribution >= 0.6 is 7.75 Å². The number of ether oxygens (including phenoxy) is 2. The highest BCUT2D eigenvalue weighted by Gasteiger charge is 2.34. The van der Waals surface area contributed by atoms with Crippen LogP contribution in [0.1, 0.15) is 58.8 Å². The van der Waals surface area contributed by atoms with E-state index in [0.29, 0.717) is 35.9 Å². The smallest absolute Gasteiger partial charge is 0.459 e. The maximum absolute atomic E-state index is 14.2. The number of aromatic nitrogens is 3. The van der Waals surface area contributed by atoms with Gasteiger partial charge in [0.25, 0.3) is 0 Å². The Morgan fingerprint density at radius 1 is 1.05 bits per heavy atom. The number of rotatable bonds is 16. The molecule has 4 rings (SSSR count). The van der Waals surface area contributed by atoms with Crippen molar-refractivity contribution in [3.8, 4) is 5.75 Å². The number of carbonyl (C=O) groups is 1. The average Bonchev–Trinajstić information content (AvgIpc) is 3.37. The first kappa shape index (κ1) is 31.4. The number of para-hydroxylation sites is 2. The first-order valence-corrected chi connectivity index (χ1v) is 15.9. The van der Waals surface area contributed by atoms with Gasteiger partial charge in [0.2, 0.25) is 0 Å². The second-order valence-corrected chi connectivity index (χ2v) is 11.5. The molecule has 2 aromatic carbocycles. The molecule has 0 radical (unpaired) electrons. The number of nitrogens with one attached hydrogen (secondary N) is 1. The Morgan fingerprint density at radius 2 is 1.79 bits per heavy atom. The number of fused-ring (bicyclic) bond motifs is 3. The van der Waals surface area contributed by atoms with Gasteiger partial charge >= 0.3 is 13.7 Å². The molecule has 42 heavy (non-hydrogen) atoms. The van der Waals surface area contributed by atoms with E-state index in [4.69, 9.17) is 29.2 Å². The maximum Gasteiger partial charge on any atom is 0.459 e. The van der Waals surface area contributed by atoms with Crippen LogP contribution in [-0.2, 0) is 30.0 Å². The van der Waals surface area contributed by atoms with E-state index in [9.17, 15) is 9.36 Å². The van der Waals surface area contributed by atoms with Gasteiger partial charge in [0, 0.05) is 12.0 Å². The van der Waals surface area contributed by atoms with Crippen molar-refractivity contribution in [1.82, 2.24) is 19.6 Å². The van der Waals surface area contributed by atoms with Gasteiger partial charge in [-0.1, -0.05) is 56.2 Å². The molecule has 0 aliphatic heterocycles. The summed E-state index contributed by atoms with van der Waals surface area (Å²) in [7, 11) is -4.07. The van der Waals surface area contributed by atoms with Crippen molar-refractivity contribution < 1.29 is 27.9 Å². The molecular formula is C30H40N5O6P. The molecular weight excluding hydrogens is 557 g/mol. The third-order valence-corrected chi connectivity index (χ3v) is 8.36. The zero-order valence-electron chi connectivity index (χ0n) is 24.6. The lowest BCUT2D eigenvalue weighted by atomic mass is 10.1. The van der Waals surface area contributed by atoms with Crippen molar-refractivity contribution in [1.29, 1.82) is 0 Å². The first-order chi connectivity index (χ1) is 20.3. The molecule has 0 saturated carbocycles. The maximum atomic E-state index is 14.2. The summed E-state index contributed by atoms with van der Waals surface area (Å²) in [5.74, 6) is 0.755. The predicted octanol–water partition coefficient (Wildman–Crippen LogP) is 6.18. The van der Waals surface area contributed by atoms with Crippen LogP contribution in [0.15, 0.2) is 54.6 Å². The lowest BCUT2D eigenvalue weighted by Gasteiger charge is -2.27. The minimum Gasteiger partial charge on any atom is -0.465 e. The average molecular weight is 598 g/mol. The second-order valence-electron chi connectivity index (χ2n) is 9.84. The number of benzene rings is 2. The number of esters is 1. The Bertz CT molecular complexity index is 1530. The number of nitrogens with zero attached hydrogens (tertiary/aromatic N) is 3. The molecule has 2 aromatic heterocycles. The van der Waals surface area contributed by atoms with Gasteiger partial charge < -0.3 is 24.3 Å². The fraction of sp³-hybridized carbons (Fsp3) is 0.433. The number of carbonyl (C=O) groups excluding carboxylic acids is 1. The van der Waals surface area contributed by atoms with Crippen molar-refractivity contribution in [2.75, 3.05) is 25.6 Å². The fourth-order valence-electron chi connectivity index (χ4n) is 4.74. The standard InChI is InChI=1S/C30H40N5O6P/c1-5-8-14-22(19-40-42(37,34-21(4)30(36)39-7-3)41-23-15-10-9-11-16-23)35-26(20-38-6-2)33-27-28(35)24-17-12-13-18-25(24)32-29(27)31/h9-13,15-18,21-22H,5-8,14,19-20H2,1-4H3,(H2,31,32)(H,34,37)/t21-,22+,42-/m0/s1. The molecule has 0 unspecified atom stereocenters. The van der Waals surface area contributed by atoms with E-state index in [0.717, 1.165) is 29.3 Å². The van der Waals surface area contributed by atoms with Gasteiger partial charge in [-0.25, -0.2) is 14.5 Å². The summed E-state index contributed by atoms with van der Waals surface area (Å²) in [6, 6.07) is 15.2. The molecule has 4 aromatic rings. The Kier molecular flexibility index (Phi) is 10.9. The van der Waals surface area contributed by atoms with Crippen molar-refractivity contribution in [3.05, 3.63) is 60.4 Å². The summed E-state index contributed by atoms with van der Waals surface area (Å²) in [4.78, 5) is 21.8. The van der Waals surface area contributed by atoms with Crippen molar-refractivity contribution in [2.45, 2.75) is 65.6 Å². The molecule has 3 N–H and O–H groups in total. The minimum absolute atomic E-state index is 0.00615. The summed E-state index contributed by atoms with van der Waals surface area (Å²) in [5, 5.41) is 3.65. The molecule has 0 amide bonds. The summed E-state index contributed by atoms with van der Waals surface area (Å²) < 4.78 is 39.2. The van der Waals surface area contributed by atoms with E-state index in [1.807, 2.05) is 37.3 Å². The Balaban J connectivity index is 1.77. The van der Waals surface area contributed by atoms with Gasteiger partial charge in [0.1, 0.15) is 29.7 Å². The molecule has 0 aliphatic rings. The highest BCUT2D eigenvalue weighted by Crippen LogP contribution is 2.46. The van der Waals surface area contributed by atoms with Crippen molar-refractivity contribution in [2.24, 2.45) is 0 Å². The number of unbranched alkanes of at least 4 members (excludes halogenated alkanes) is 1. The van der Waals surface area contributed by atoms with E-state index < -0.39 is 19.8 Å². The van der Waals surface area contributed by atoms with Crippen LogP contribution in [-0.4, -0.2) is 46.4 Å². The third-order valence-electron chi connectivity index (χ3n) is 6.72. The molecule has 0 aliphatic carbocycles. The molecule has 2 heterocycles. The largest absolute Gasteiger partial charge is 0.465 e. The Hall–Kier alpha value is -3.50. The molecule has 0 saturated heterocycles. The van der Waals surface area contributed by atoms with Crippen molar-refractivity contribution in [3.63, 3.8) is 0 Å². The van der Waals surface area contributed by atoms with Crippen LogP contribution in [0.5, 0.6) is 5.75 Å². The quantitative estimate of drug-likeness (QED) is 0.114. The zero-order chi connectivity index (χ0) is 30.1. The van der Waals surface area contributed by atoms with Crippen LogP contribution in [0.25, 0.3) is 21.9 Å². The van der Waals surface area contributed by atoms with E-state index >= 15 is 0 Å². The van der Waals surface area contributed by atoms with Crippen LogP contribution in [0.2, 0.25) is 0 Å². The van der Waals surface area contributed by atoms with Crippen LogP contribution in [0.4, 0.5) is 5.82 Å². The summed E-state index contributed by atoms with van der Waals surface area (Å²) in [5.41, 5.74) is 8.51. The normalized spacial score (nSPS) is 14.5. The SMILES string of the molecule is CCCC[C@H](CO[P@@](=O)(N[C@@H](C)C(=O)OCC)Oc1ccccc1)n1c(COCC)nc2c(N)nc3ccccc3c21. The summed E-state index contributed by atoms with van der Waals surface area (Å²) >= 11 is 0. The Morgan fingerprint density at radius 3 is 2.50 bits per heavy atom. The molecule has 3 atom stereocenters. The highest BCUT2D eigenvalue weighted by molar-refractivity contribution is 7.52. The first-order valence-electron chi connectivity index (χ1n) is 14.4. The van der Waals surface area contributed by atoms with Gasteiger partial charge in [-0.15, -0.1) is 0 Å². The molecule has 0 bridgehead atoms. The zero-order valence-corrected chi connectivity index (χ0v) is 25.5. The molecule has 12 heteroatoms. The fourth-order valence-corrected chi connectivity index (χ4v) is 6.26. The van der Waals surface area contributed by atoms with Gasteiger partial charge in [-0.3, -0.25) is 9.32 Å². The molecule has 11 nitrogen and oxygen atoms in total. The van der Waals surface area contributed by atoms with Crippen molar-refractivity contribution >= 4 is 41.5 Å². The predicted molar refractivity (Wildman–Crippen MR) is 163 cm³/mol. The number of pyridine rings is 1. The minimum atomic E-state index is -4.07. The van der Waals surface area contributed by atoms with Crippen LogP contribution in [0.3, 0.4) is 0 Å². The lowest BCUT2D eigenvalue weighted by molar-refractivity contribution is -0.144. The van der Waals surface area contributed by atoms with E-state index in [-0.39, 0.29) is 25.9 Å². The Labute approximate surface area is 246 Å². The highest BCUT2D eigenvalue weighted by atomic mass is 31.2. The monoisotopic (exact) mass is 597 g/mol. The number of nitrogens with two attached hydrogens (primary N) is 1. The van der Waals surface area contributed by atoms with E-state index in [1.54, 1.807) is 38.1 Å². The van der Waals surface area contributed by atoms with Gasteiger partial charge in [0.05, 0.1) is 30.3 Å². The number of hydrogen-bond acceptors (Lipinski definition) is 9. The van der Waals surface area contributed by atoms with Gasteiger partial charge in [-0.05, 0) is 45.4 Å². The van der Waals surface area contributed by atoms with E-state index in [1.165, 1.54) is 0 Å². The molecule has 226 valence electrons. The number of imidazole rings is 1. The topological polar surface area (TPSA) is 140 Å². The number of hydrogen-bond donors (Lipinski definition) is 2. The number of nitrogen functional groups attached to an aromatic ring is 1. The third kappa shape index (κ3) is 7.46. The number of anilines is 1. The molecule has 0 fully saturated rings. The van der Waals surface area contributed by atoms with E-state index in [2.05, 4.69) is 21.6 Å². The molecule has 0 spiro atoms. The van der Waals surface area contributed by atoms with Crippen LogP contribution < -0.4 is 15.3 Å². The van der Waals surface area contributed by atoms with Gasteiger partial charge in [0.15, 0.2) is 5.82 Å². The van der Waals surface area contributed by atoms with Crippen LogP contribution in [0, 0.1) is 0 Å².